The van der Waals surface area contributed by atoms with Crippen molar-refractivity contribution in [3.63, 3.8) is 0 Å². The molecule has 5 nitrogen and oxygen atoms in total. The molecule has 0 unspecified atom stereocenters. The molecule has 0 heterocycles. The summed E-state index contributed by atoms with van der Waals surface area (Å²) in [7, 11) is 1.62. The monoisotopic (exact) mass is 481 g/mol. The number of nitrogens with one attached hydrogen (secondary N) is 1. The van der Waals surface area contributed by atoms with E-state index >= 15 is 0 Å². The van der Waals surface area contributed by atoms with E-state index in [0.717, 1.165) is 33.5 Å². The summed E-state index contributed by atoms with van der Waals surface area (Å²) in [5.41, 5.74) is 2.66. The first-order valence-corrected chi connectivity index (χ1v) is 10.8. The second kappa shape index (κ2) is 11.3. The van der Waals surface area contributed by atoms with Crippen molar-refractivity contribution in [1.82, 2.24) is 0 Å². The summed E-state index contributed by atoms with van der Waals surface area (Å²) < 4.78 is 11.9. The number of carbonyl (C=O) groups is 2. The molecule has 0 spiro atoms. The van der Waals surface area contributed by atoms with Crippen molar-refractivity contribution in [3.05, 3.63) is 88.4 Å². The third-order valence-corrected chi connectivity index (χ3v) is 5.24. The molecule has 160 valence electrons. The van der Waals surface area contributed by atoms with Gasteiger partial charge in [0.2, 0.25) is 5.78 Å². The summed E-state index contributed by atoms with van der Waals surface area (Å²) in [6, 6.07) is 22.6. The van der Waals surface area contributed by atoms with Crippen LogP contribution in [-0.2, 0) is 22.6 Å². The van der Waals surface area contributed by atoms with Crippen LogP contribution in [-0.4, -0.2) is 18.8 Å². The number of hydrogen-bond acceptors (Lipinski definition) is 4. The first kappa shape index (κ1) is 22.6. The molecule has 0 saturated heterocycles. The number of rotatable bonds is 10. The van der Waals surface area contributed by atoms with Gasteiger partial charge in [0.1, 0.15) is 18.1 Å². The van der Waals surface area contributed by atoms with Crippen molar-refractivity contribution in [2.75, 3.05) is 12.4 Å². The fraction of sp³-hybridized carbons (Fsp3) is 0.200. The van der Waals surface area contributed by atoms with E-state index in [1.165, 1.54) is 0 Å². The third-order valence-electron chi connectivity index (χ3n) is 4.71. The minimum absolute atomic E-state index is 0.205. The zero-order valence-electron chi connectivity index (χ0n) is 17.3. The van der Waals surface area contributed by atoms with Crippen molar-refractivity contribution in [3.8, 4) is 11.5 Å². The van der Waals surface area contributed by atoms with Crippen molar-refractivity contribution < 1.29 is 19.1 Å². The van der Waals surface area contributed by atoms with E-state index in [1.807, 2.05) is 60.7 Å². The van der Waals surface area contributed by atoms with Gasteiger partial charge in [0.05, 0.1) is 7.11 Å². The first-order valence-electron chi connectivity index (χ1n) is 9.98. The summed E-state index contributed by atoms with van der Waals surface area (Å²) in [6.45, 7) is 0.417. The van der Waals surface area contributed by atoms with Gasteiger partial charge in [-0.15, -0.1) is 0 Å². The maximum absolute atomic E-state index is 12.2. The van der Waals surface area contributed by atoms with Crippen molar-refractivity contribution in [2.24, 2.45) is 0 Å². The summed E-state index contributed by atoms with van der Waals surface area (Å²) in [6.07, 6.45) is 1.55. The minimum atomic E-state index is -0.589. The second-order valence-electron chi connectivity index (χ2n) is 7.02. The van der Waals surface area contributed by atoms with Gasteiger partial charge in [-0.2, -0.15) is 0 Å². The number of hydrogen-bond donors (Lipinski definition) is 1. The highest BCUT2D eigenvalue weighted by Crippen LogP contribution is 2.18. The molecule has 0 fully saturated rings. The highest BCUT2D eigenvalue weighted by molar-refractivity contribution is 9.10. The molecular weight excluding hydrogens is 458 g/mol. The van der Waals surface area contributed by atoms with Crippen LogP contribution in [0.1, 0.15) is 24.0 Å². The van der Waals surface area contributed by atoms with E-state index in [2.05, 4.69) is 21.2 Å². The van der Waals surface area contributed by atoms with Crippen LogP contribution >= 0.6 is 15.9 Å². The lowest BCUT2D eigenvalue weighted by molar-refractivity contribution is -0.134. The molecular formula is C25H24BrNO4. The minimum Gasteiger partial charge on any atom is -0.497 e. The molecule has 0 aliphatic heterocycles. The molecule has 0 aliphatic carbocycles. The molecule has 0 atom stereocenters. The predicted molar refractivity (Wildman–Crippen MR) is 124 cm³/mol. The topological polar surface area (TPSA) is 64.6 Å². The fourth-order valence-electron chi connectivity index (χ4n) is 2.94. The fourth-order valence-corrected chi connectivity index (χ4v) is 3.21. The van der Waals surface area contributed by atoms with E-state index in [1.54, 1.807) is 19.2 Å². The summed E-state index contributed by atoms with van der Waals surface area (Å²) in [5.74, 6) is 0.565. The molecule has 0 radical (unpaired) electrons. The Labute approximate surface area is 190 Å². The molecule has 0 bridgehead atoms. The van der Waals surface area contributed by atoms with Crippen LogP contribution in [0.4, 0.5) is 5.69 Å². The largest absolute Gasteiger partial charge is 0.497 e. The molecule has 3 aromatic rings. The van der Waals surface area contributed by atoms with Gasteiger partial charge in [-0.1, -0.05) is 40.2 Å². The number of amides is 1. The Morgan fingerprint density at radius 3 is 2.10 bits per heavy atom. The van der Waals surface area contributed by atoms with E-state index in [0.29, 0.717) is 18.7 Å². The maximum atomic E-state index is 12.2. The quantitative estimate of drug-likeness (QED) is 0.384. The molecule has 6 heteroatoms. The molecule has 1 amide bonds. The van der Waals surface area contributed by atoms with E-state index in [9.17, 15) is 9.59 Å². The second-order valence-corrected chi connectivity index (χ2v) is 7.93. The lowest BCUT2D eigenvalue weighted by Gasteiger charge is -2.08. The average Bonchev–Trinajstić information content (AvgIpc) is 2.80. The molecule has 31 heavy (non-hydrogen) atoms. The standard InChI is InChI=1S/C25H24BrNO4/c1-30-22-13-7-18(8-14-22)3-2-4-24(28)25(29)27-21-11-5-19(6-12-21)17-31-23-15-9-20(26)10-16-23/h5-16H,2-4,17H2,1H3,(H,27,29). The van der Waals surface area contributed by atoms with Crippen molar-refractivity contribution >= 4 is 33.3 Å². The normalized spacial score (nSPS) is 10.4. The number of benzene rings is 3. The Bertz CT molecular complexity index is 999. The summed E-state index contributed by atoms with van der Waals surface area (Å²) in [4.78, 5) is 24.3. The van der Waals surface area contributed by atoms with Crippen LogP contribution in [0.25, 0.3) is 0 Å². The number of anilines is 1. The number of halogens is 1. The smallest absolute Gasteiger partial charge is 0.291 e. The molecule has 1 N–H and O–H groups in total. The van der Waals surface area contributed by atoms with Crippen LogP contribution in [0.15, 0.2) is 77.3 Å². The van der Waals surface area contributed by atoms with Gasteiger partial charge in [0.15, 0.2) is 0 Å². The van der Waals surface area contributed by atoms with E-state index < -0.39 is 11.7 Å². The molecule has 3 aromatic carbocycles. The molecule has 3 rings (SSSR count). The maximum Gasteiger partial charge on any atom is 0.291 e. The number of aryl methyl sites for hydroxylation is 1. The van der Waals surface area contributed by atoms with Crippen molar-refractivity contribution in [2.45, 2.75) is 25.9 Å². The van der Waals surface area contributed by atoms with Crippen LogP contribution in [0.5, 0.6) is 11.5 Å². The highest BCUT2D eigenvalue weighted by atomic mass is 79.9. The lowest BCUT2D eigenvalue weighted by Crippen LogP contribution is -2.22. The number of carbonyl (C=O) groups excluding carboxylic acids is 2. The molecule has 0 aliphatic rings. The first-order chi connectivity index (χ1) is 15.0. The van der Waals surface area contributed by atoms with Gasteiger partial charge in [0, 0.05) is 16.6 Å². The Hall–Kier alpha value is -3.12. The van der Waals surface area contributed by atoms with Crippen molar-refractivity contribution in [1.29, 1.82) is 0 Å². The molecule has 0 saturated carbocycles. The van der Waals surface area contributed by atoms with Crippen LogP contribution < -0.4 is 14.8 Å². The van der Waals surface area contributed by atoms with Gasteiger partial charge < -0.3 is 14.8 Å². The van der Waals surface area contributed by atoms with Gasteiger partial charge in [-0.25, -0.2) is 0 Å². The molecule has 0 aromatic heterocycles. The SMILES string of the molecule is COc1ccc(CCCC(=O)C(=O)Nc2ccc(COc3ccc(Br)cc3)cc2)cc1. The van der Waals surface area contributed by atoms with Gasteiger partial charge in [0.25, 0.3) is 5.91 Å². The van der Waals surface area contributed by atoms with Gasteiger partial charge in [-0.05, 0) is 72.5 Å². The Morgan fingerprint density at radius 2 is 1.45 bits per heavy atom. The van der Waals surface area contributed by atoms with E-state index in [4.69, 9.17) is 9.47 Å². The van der Waals surface area contributed by atoms with Crippen LogP contribution in [0.3, 0.4) is 0 Å². The number of ketones is 1. The third kappa shape index (κ3) is 7.26. The van der Waals surface area contributed by atoms with Gasteiger partial charge in [-0.3, -0.25) is 9.59 Å². The van der Waals surface area contributed by atoms with Crippen LogP contribution in [0, 0.1) is 0 Å². The van der Waals surface area contributed by atoms with Crippen LogP contribution in [0.2, 0.25) is 0 Å². The highest BCUT2D eigenvalue weighted by Gasteiger charge is 2.13. The van der Waals surface area contributed by atoms with Gasteiger partial charge >= 0.3 is 0 Å². The zero-order valence-corrected chi connectivity index (χ0v) is 18.9. The Balaban J connectivity index is 1.41. The average molecular weight is 482 g/mol. The summed E-state index contributed by atoms with van der Waals surface area (Å²) in [5, 5.41) is 2.66. The number of Topliss-reactive ketones (excluding diaryl/α,β-unsaturated/α-hetero) is 1. The zero-order chi connectivity index (χ0) is 22.1. The number of ether oxygens (including phenoxy) is 2. The lowest BCUT2D eigenvalue weighted by atomic mass is 10.1. The Morgan fingerprint density at radius 1 is 0.839 bits per heavy atom. The summed E-state index contributed by atoms with van der Waals surface area (Å²) >= 11 is 3.39. The van der Waals surface area contributed by atoms with E-state index in [-0.39, 0.29) is 6.42 Å². The predicted octanol–water partition coefficient (Wildman–Crippen LogP) is 5.57. The number of methoxy groups -OCH3 is 1. The Kier molecular flexibility index (Phi) is 8.24.